The first-order valence-electron chi connectivity index (χ1n) is 10.6. The number of hydrogen-bond donors (Lipinski definition) is 1. The van der Waals surface area contributed by atoms with Crippen molar-refractivity contribution in [3.8, 4) is 11.5 Å². The highest BCUT2D eigenvalue weighted by molar-refractivity contribution is 6.08. The molecular weight excluding hydrogens is 408 g/mol. The van der Waals surface area contributed by atoms with E-state index in [4.69, 9.17) is 14.2 Å². The lowest BCUT2D eigenvalue weighted by Crippen LogP contribution is -2.17. The minimum Gasteiger partial charge on any atom is -0.486 e. The van der Waals surface area contributed by atoms with Gasteiger partial charge in [-0.15, -0.1) is 0 Å². The minimum absolute atomic E-state index is 0.257. The molecule has 1 aliphatic rings. The maximum Gasteiger partial charge on any atom is 0.355 e. The van der Waals surface area contributed by atoms with Crippen molar-refractivity contribution in [2.75, 3.05) is 25.1 Å². The van der Waals surface area contributed by atoms with Crippen molar-refractivity contribution in [3.63, 3.8) is 0 Å². The van der Waals surface area contributed by atoms with E-state index in [9.17, 15) is 9.59 Å². The Kier molecular flexibility index (Phi) is 6.16. The largest absolute Gasteiger partial charge is 0.486 e. The normalized spacial score (nSPS) is 12.3. The van der Waals surface area contributed by atoms with Crippen molar-refractivity contribution in [2.24, 2.45) is 0 Å². The van der Waals surface area contributed by atoms with Crippen molar-refractivity contribution in [3.05, 3.63) is 76.6 Å². The Morgan fingerprint density at radius 3 is 2.47 bits per heavy atom. The molecule has 1 aliphatic heterocycles. The lowest BCUT2D eigenvalue weighted by Gasteiger charge is -2.19. The summed E-state index contributed by atoms with van der Waals surface area (Å²) in [5.41, 5.74) is 3.75. The summed E-state index contributed by atoms with van der Waals surface area (Å²) in [5.74, 6) is 0.507. The quantitative estimate of drug-likeness (QED) is 0.584. The fraction of sp³-hybridized carbons (Fsp3) is 0.280. The smallest absolute Gasteiger partial charge is 0.355 e. The summed E-state index contributed by atoms with van der Waals surface area (Å²) in [5, 5.41) is 2.93. The van der Waals surface area contributed by atoms with Crippen LogP contribution in [0.4, 0.5) is 5.69 Å². The van der Waals surface area contributed by atoms with E-state index in [0.29, 0.717) is 59.5 Å². The van der Waals surface area contributed by atoms with Crippen molar-refractivity contribution in [1.29, 1.82) is 0 Å². The predicted molar refractivity (Wildman–Crippen MR) is 121 cm³/mol. The van der Waals surface area contributed by atoms with Crippen molar-refractivity contribution in [1.82, 2.24) is 4.57 Å². The van der Waals surface area contributed by atoms with E-state index in [0.717, 1.165) is 5.56 Å². The van der Waals surface area contributed by atoms with Gasteiger partial charge in [0.05, 0.1) is 12.2 Å². The SMILES string of the molecule is CCOC(=O)c1c(C)c(C(=O)Nc2ccc3c(c2)OCCO3)c(C)n1Cc1ccccc1. The molecule has 0 spiro atoms. The van der Waals surface area contributed by atoms with Gasteiger partial charge in [0.2, 0.25) is 0 Å². The van der Waals surface area contributed by atoms with Gasteiger partial charge in [-0.05, 0) is 44.0 Å². The lowest BCUT2D eigenvalue weighted by atomic mass is 10.1. The summed E-state index contributed by atoms with van der Waals surface area (Å²) in [6.07, 6.45) is 0. The number of fused-ring (bicyclic) bond motifs is 1. The van der Waals surface area contributed by atoms with E-state index < -0.39 is 5.97 Å². The van der Waals surface area contributed by atoms with Crippen LogP contribution in [0.25, 0.3) is 0 Å². The van der Waals surface area contributed by atoms with E-state index in [1.807, 2.05) is 41.8 Å². The van der Waals surface area contributed by atoms with E-state index in [-0.39, 0.29) is 12.5 Å². The number of hydrogen-bond acceptors (Lipinski definition) is 5. The molecule has 0 unspecified atom stereocenters. The molecule has 1 aromatic heterocycles. The molecule has 0 aliphatic carbocycles. The van der Waals surface area contributed by atoms with Crippen LogP contribution in [0, 0.1) is 13.8 Å². The number of aromatic nitrogens is 1. The minimum atomic E-state index is -0.442. The van der Waals surface area contributed by atoms with Gasteiger partial charge in [-0.3, -0.25) is 4.79 Å². The molecule has 2 heterocycles. The maximum absolute atomic E-state index is 13.3. The van der Waals surface area contributed by atoms with Gasteiger partial charge in [-0.1, -0.05) is 30.3 Å². The van der Waals surface area contributed by atoms with Gasteiger partial charge in [-0.2, -0.15) is 0 Å². The molecule has 0 atom stereocenters. The summed E-state index contributed by atoms with van der Waals surface area (Å²) in [7, 11) is 0. The number of nitrogens with zero attached hydrogens (tertiary/aromatic N) is 1. The van der Waals surface area contributed by atoms with Crippen LogP contribution in [0.3, 0.4) is 0 Å². The maximum atomic E-state index is 13.3. The molecule has 32 heavy (non-hydrogen) atoms. The number of anilines is 1. The second kappa shape index (κ2) is 9.18. The van der Waals surface area contributed by atoms with Gasteiger partial charge >= 0.3 is 5.97 Å². The van der Waals surface area contributed by atoms with Crippen LogP contribution >= 0.6 is 0 Å². The number of carbonyl (C=O) groups is 2. The zero-order valence-corrected chi connectivity index (χ0v) is 18.4. The Morgan fingerprint density at radius 1 is 1.03 bits per heavy atom. The van der Waals surface area contributed by atoms with E-state index in [1.165, 1.54) is 0 Å². The Morgan fingerprint density at radius 2 is 1.75 bits per heavy atom. The van der Waals surface area contributed by atoms with Crippen LogP contribution in [0.15, 0.2) is 48.5 Å². The van der Waals surface area contributed by atoms with Gasteiger partial charge in [-0.25, -0.2) is 4.79 Å². The number of nitrogens with one attached hydrogen (secondary N) is 1. The molecule has 3 aromatic rings. The van der Waals surface area contributed by atoms with Crippen LogP contribution < -0.4 is 14.8 Å². The predicted octanol–water partition coefficient (Wildman–Crippen LogP) is 4.35. The fourth-order valence-electron chi connectivity index (χ4n) is 3.97. The summed E-state index contributed by atoms with van der Waals surface area (Å²) in [6.45, 7) is 7.07. The molecule has 2 aromatic carbocycles. The zero-order valence-electron chi connectivity index (χ0n) is 18.4. The van der Waals surface area contributed by atoms with Crippen LogP contribution in [0.1, 0.15) is 44.6 Å². The van der Waals surface area contributed by atoms with Gasteiger partial charge < -0.3 is 24.1 Å². The molecule has 166 valence electrons. The molecule has 0 saturated heterocycles. The van der Waals surface area contributed by atoms with E-state index in [1.54, 1.807) is 32.0 Å². The average Bonchev–Trinajstić information content (AvgIpc) is 3.04. The number of ether oxygens (including phenoxy) is 3. The third kappa shape index (κ3) is 4.19. The number of carbonyl (C=O) groups excluding carboxylic acids is 2. The van der Waals surface area contributed by atoms with E-state index in [2.05, 4.69) is 5.32 Å². The van der Waals surface area contributed by atoms with Gasteiger partial charge in [0, 0.05) is 24.0 Å². The Balaban J connectivity index is 1.69. The molecule has 0 radical (unpaired) electrons. The molecule has 1 N–H and O–H groups in total. The third-order valence-corrected chi connectivity index (χ3v) is 5.45. The van der Waals surface area contributed by atoms with Crippen LogP contribution in [0.5, 0.6) is 11.5 Å². The standard InChI is InChI=1S/C25H26N2O5/c1-4-30-25(29)23-16(2)22(17(3)27(23)15-18-8-6-5-7-9-18)24(28)26-19-10-11-20-21(14-19)32-13-12-31-20/h5-11,14H,4,12-13,15H2,1-3H3,(H,26,28). The first-order valence-corrected chi connectivity index (χ1v) is 10.6. The molecule has 0 fully saturated rings. The Hall–Kier alpha value is -3.74. The van der Waals surface area contributed by atoms with Crippen molar-refractivity contribution in [2.45, 2.75) is 27.3 Å². The molecule has 0 saturated carbocycles. The highest BCUT2D eigenvalue weighted by Crippen LogP contribution is 2.33. The van der Waals surface area contributed by atoms with E-state index >= 15 is 0 Å². The molecular formula is C25H26N2O5. The molecule has 7 nitrogen and oxygen atoms in total. The number of rotatable bonds is 6. The molecule has 4 rings (SSSR count). The molecule has 1 amide bonds. The van der Waals surface area contributed by atoms with Crippen LogP contribution in [0.2, 0.25) is 0 Å². The monoisotopic (exact) mass is 434 g/mol. The Labute approximate surface area is 186 Å². The fourth-order valence-corrected chi connectivity index (χ4v) is 3.97. The summed E-state index contributed by atoms with van der Waals surface area (Å²) < 4.78 is 18.3. The van der Waals surface area contributed by atoms with Crippen LogP contribution in [-0.2, 0) is 11.3 Å². The summed E-state index contributed by atoms with van der Waals surface area (Å²) >= 11 is 0. The summed E-state index contributed by atoms with van der Waals surface area (Å²) in [6, 6.07) is 15.1. The highest BCUT2D eigenvalue weighted by Gasteiger charge is 2.27. The third-order valence-electron chi connectivity index (χ3n) is 5.45. The summed E-state index contributed by atoms with van der Waals surface area (Å²) in [4.78, 5) is 26.1. The van der Waals surface area contributed by atoms with Gasteiger partial charge in [0.1, 0.15) is 18.9 Å². The zero-order chi connectivity index (χ0) is 22.7. The lowest BCUT2D eigenvalue weighted by molar-refractivity contribution is 0.0513. The van der Waals surface area contributed by atoms with Crippen molar-refractivity contribution < 1.29 is 23.8 Å². The number of esters is 1. The van der Waals surface area contributed by atoms with Gasteiger partial charge in [0.15, 0.2) is 11.5 Å². The average molecular weight is 434 g/mol. The highest BCUT2D eigenvalue weighted by atomic mass is 16.6. The molecule has 0 bridgehead atoms. The number of amides is 1. The number of benzene rings is 2. The topological polar surface area (TPSA) is 78.8 Å². The first-order chi connectivity index (χ1) is 15.5. The van der Waals surface area contributed by atoms with Crippen molar-refractivity contribution >= 4 is 17.6 Å². The first kappa shape index (κ1) is 21.5. The second-order valence-corrected chi connectivity index (χ2v) is 7.54. The second-order valence-electron chi connectivity index (χ2n) is 7.54. The Bertz CT molecular complexity index is 1150. The molecule has 7 heteroatoms. The van der Waals surface area contributed by atoms with Gasteiger partial charge in [0.25, 0.3) is 5.91 Å². The van der Waals surface area contributed by atoms with Crippen LogP contribution in [-0.4, -0.2) is 36.3 Å².